The molecule has 18 heavy (non-hydrogen) atoms. The first-order valence-corrected chi connectivity index (χ1v) is 6.76. The Kier molecular flexibility index (Phi) is 3.58. The van der Waals surface area contributed by atoms with Crippen molar-refractivity contribution < 1.29 is 18.3 Å². The lowest BCUT2D eigenvalue weighted by Gasteiger charge is -2.01. The molecule has 2 aromatic rings. The second-order valence-corrected chi connectivity index (χ2v) is 5.59. The fraction of sp³-hybridized carbons (Fsp3) is 0. The highest BCUT2D eigenvalue weighted by Crippen LogP contribution is 2.20. The van der Waals surface area contributed by atoms with E-state index in [1.54, 1.807) is 0 Å². The van der Waals surface area contributed by atoms with Crippen LogP contribution >= 0.6 is 11.3 Å². The lowest BCUT2D eigenvalue weighted by Crippen LogP contribution is -2.11. The summed E-state index contributed by atoms with van der Waals surface area (Å²) in [6.45, 7) is 0. The van der Waals surface area contributed by atoms with E-state index in [2.05, 4.69) is 10.3 Å². The van der Waals surface area contributed by atoms with Gasteiger partial charge in [-0.25, -0.2) is 13.4 Å². The number of thiazole rings is 1. The van der Waals surface area contributed by atoms with Gasteiger partial charge in [-0.1, -0.05) is 11.3 Å². The van der Waals surface area contributed by atoms with Gasteiger partial charge in [0.05, 0.1) is 6.20 Å². The van der Waals surface area contributed by atoms with E-state index < -0.39 is 16.6 Å². The molecule has 8 heteroatoms. The number of benzene rings is 1. The third-order valence-corrected chi connectivity index (χ3v) is 3.94. The van der Waals surface area contributed by atoms with Crippen molar-refractivity contribution >= 4 is 33.1 Å². The first-order chi connectivity index (χ1) is 8.56. The lowest BCUT2D eigenvalue weighted by molar-refractivity contribution is 0.102. The molecule has 0 atom stereocenters. The number of anilines is 1. The number of nitrogens with one attached hydrogen (secondary N) is 1. The predicted octanol–water partition coefficient (Wildman–Crippen LogP) is 1.07. The average Bonchev–Trinajstić information content (AvgIpc) is 2.78. The Balaban J connectivity index is 2.13. The molecule has 0 saturated carbocycles. The van der Waals surface area contributed by atoms with Crippen molar-refractivity contribution in [3.63, 3.8) is 0 Å². The van der Waals surface area contributed by atoms with Crippen molar-refractivity contribution in [3.05, 3.63) is 36.0 Å². The SMILES string of the molecule is O=C(Nc1ncc([SH](=O)=O)s1)c1ccc(O)cc1. The molecule has 2 rings (SSSR count). The van der Waals surface area contributed by atoms with Crippen LogP contribution in [0.25, 0.3) is 0 Å². The van der Waals surface area contributed by atoms with Gasteiger partial charge in [-0.15, -0.1) is 0 Å². The van der Waals surface area contributed by atoms with Gasteiger partial charge in [0.15, 0.2) is 15.8 Å². The fourth-order valence-corrected chi connectivity index (χ4v) is 2.45. The van der Waals surface area contributed by atoms with E-state index in [0.29, 0.717) is 5.56 Å². The Morgan fingerprint density at radius 3 is 2.50 bits per heavy atom. The van der Waals surface area contributed by atoms with Crippen LogP contribution in [0.1, 0.15) is 10.4 Å². The number of carbonyl (C=O) groups excluding carboxylic acids is 1. The van der Waals surface area contributed by atoms with Crippen LogP contribution in [-0.4, -0.2) is 24.4 Å². The normalized spacial score (nSPS) is 10.5. The molecule has 0 aliphatic rings. The highest BCUT2D eigenvalue weighted by molar-refractivity contribution is 7.75. The van der Waals surface area contributed by atoms with Gasteiger partial charge in [-0.2, -0.15) is 0 Å². The lowest BCUT2D eigenvalue weighted by atomic mass is 10.2. The van der Waals surface area contributed by atoms with Crippen molar-refractivity contribution in [1.29, 1.82) is 0 Å². The maximum absolute atomic E-state index is 11.7. The molecule has 0 fully saturated rings. The van der Waals surface area contributed by atoms with Crippen LogP contribution in [0.3, 0.4) is 0 Å². The van der Waals surface area contributed by atoms with Crippen LogP contribution in [-0.2, 0) is 10.7 Å². The summed E-state index contributed by atoms with van der Waals surface area (Å²) in [4.78, 5) is 15.5. The van der Waals surface area contributed by atoms with Gasteiger partial charge >= 0.3 is 0 Å². The summed E-state index contributed by atoms with van der Waals surface area (Å²) in [5.41, 5.74) is 0.344. The van der Waals surface area contributed by atoms with Crippen LogP contribution in [0, 0.1) is 0 Å². The third kappa shape index (κ3) is 2.84. The number of thiol groups is 1. The van der Waals surface area contributed by atoms with E-state index in [4.69, 9.17) is 5.11 Å². The minimum absolute atomic E-state index is 0.0615. The zero-order chi connectivity index (χ0) is 13.1. The van der Waals surface area contributed by atoms with Crippen LogP contribution in [0.2, 0.25) is 0 Å². The second kappa shape index (κ2) is 5.15. The second-order valence-electron chi connectivity index (χ2n) is 3.26. The smallest absolute Gasteiger partial charge is 0.257 e. The van der Waals surface area contributed by atoms with E-state index in [1.165, 1.54) is 30.5 Å². The highest BCUT2D eigenvalue weighted by atomic mass is 32.2. The van der Waals surface area contributed by atoms with E-state index in [1.807, 2.05) is 0 Å². The van der Waals surface area contributed by atoms with Crippen molar-refractivity contribution in [2.75, 3.05) is 5.32 Å². The number of aromatic nitrogens is 1. The van der Waals surface area contributed by atoms with Crippen LogP contribution < -0.4 is 5.32 Å². The first kappa shape index (κ1) is 12.5. The summed E-state index contributed by atoms with van der Waals surface area (Å²) in [6, 6.07) is 5.67. The predicted molar refractivity (Wildman–Crippen MR) is 66.8 cm³/mol. The van der Waals surface area contributed by atoms with Gasteiger partial charge in [0.25, 0.3) is 5.91 Å². The molecule has 0 unspecified atom stereocenters. The molecule has 2 N–H and O–H groups in total. The van der Waals surface area contributed by atoms with Crippen LogP contribution in [0.4, 0.5) is 5.13 Å². The summed E-state index contributed by atoms with van der Waals surface area (Å²) in [7, 11) is -2.69. The Hall–Kier alpha value is -1.93. The van der Waals surface area contributed by atoms with E-state index >= 15 is 0 Å². The molecule has 0 bridgehead atoms. The molecule has 1 heterocycles. The average molecular weight is 284 g/mol. The van der Waals surface area contributed by atoms with E-state index in [-0.39, 0.29) is 15.1 Å². The number of hydrogen-bond acceptors (Lipinski definition) is 6. The Morgan fingerprint density at radius 1 is 1.28 bits per heavy atom. The zero-order valence-corrected chi connectivity index (χ0v) is 10.6. The summed E-state index contributed by atoms with van der Waals surface area (Å²) >= 11 is 0.878. The molecule has 1 aromatic carbocycles. The minimum Gasteiger partial charge on any atom is -0.508 e. The number of phenolic OH excluding ortho intramolecular Hbond substituents is 1. The zero-order valence-electron chi connectivity index (χ0n) is 8.86. The monoisotopic (exact) mass is 284 g/mol. The minimum atomic E-state index is -2.69. The molecular formula is C10H8N2O4S2. The Bertz CT molecular complexity index is 638. The molecule has 1 amide bonds. The Morgan fingerprint density at radius 2 is 1.94 bits per heavy atom. The molecule has 0 aliphatic carbocycles. The molecule has 1 aromatic heterocycles. The fourth-order valence-electron chi connectivity index (χ4n) is 1.19. The number of carbonyl (C=O) groups is 1. The summed E-state index contributed by atoms with van der Waals surface area (Å²) in [6.07, 6.45) is 1.18. The number of hydrogen-bond donors (Lipinski definition) is 3. The summed E-state index contributed by atoms with van der Waals surface area (Å²) in [5.74, 6) is -0.358. The van der Waals surface area contributed by atoms with Gasteiger partial charge in [0.1, 0.15) is 9.96 Å². The standard InChI is InChI=1S/C10H8N2O4S2/c13-7-3-1-6(2-4-7)9(14)12-10-11-5-8(17-10)18(15)16/h1-5,13,18H,(H,11,12,14). The molecule has 0 spiro atoms. The van der Waals surface area contributed by atoms with E-state index in [9.17, 15) is 13.2 Å². The number of rotatable bonds is 3. The summed E-state index contributed by atoms with van der Waals surface area (Å²) < 4.78 is 21.4. The van der Waals surface area contributed by atoms with Gasteiger partial charge in [-0.05, 0) is 24.3 Å². The Labute approximate surface area is 108 Å². The number of nitrogens with zero attached hydrogens (tertiary/aromatic N) is 1. The topological polar surface area (TPSA) is 96.4 Å². The molecule has 94 valence electrons. The summed E-state index contributed by atoms with van der Waals surface area (Å²) in [5, 5.41) is 11.8. The number of phenols is 1. The molecule has 0 radical (unpaired) electrons. The third-order valence-electron chi connectivity index (χ3n) is 2.02. The van der Waals surface area contributed by atoms with Gasteiger partial charge in [0, 0.05) is 5.56 Å². The maximum Gasteiger partial charge on any atom is 0.257 e. The molecular weight excluding hydrogens is 276 g/mol. The van der Waals surface area contributed by atoms with E-state index in [0.717, 1.165) is 11.3 Å². The van der Waals surface area contributed by atoms with Gasteiger partial charge < -0.3 is 5.11 Å². The van der Waals surface area contributed by atoms with Crippen molar-refractivity contribution in [2.45, 2.75) is 4.21 Å². The van der Waals surface area contributed by atoms with Crippen LogP contribution in [0.5, 0.6) is 5.75 Å². The van der Waals surface area contributed by atoms with Crippen LogP contribution in [0.15, 0.2) is 34.7 Å². The molecule has 6 nitrogen and oxygen atoms in total. The van der Waals surface area contributed by atoms with Crippen molar-refractivity contribution in [3.8, 4) is 5.75 Å². The van der Waals surface area contributed by atoms with Crippen molar-refractivity contribution in [2.24, 2.45) is 0 Å². The molecule has 0 saturated heterocycles. The first-order valence-electron chi connectivity index (χ1n) is 4.77. The number of aromatic hydroxyl groups is 1. The van der Waals surface area contributed by atoms with Gasteiger partial charge in [-0.3, -0.25) is 10.1 Å². The highest BCUT2D eigenvalue weighted by Gasteiger charge is 2.09. The largest absolute Gasteiger partial charge is 0.508 e. The number of amides is 1. The quantitative estimate of drug-likeness (QED) is 0.733. The maximum atomic E-state index is 11.7. The van der Waals surface area contributed by atoms with Crippen molar-refractivity contribution in [1.82, 2.24) is 4.98 Å². The van der Waals surface area contributed by atoms with Gasteiger partial charge in [0.2, 0.25) is 0 Å². The molecule has 0 aliphatic heterocycles.